The van der Waals surface area contributed by atoms with E-state index in [1.54, 1.807) is 24.3 Å². The molecule has 2 amide bonds. The van der Waals surface area contributed by atoms with Gasteiger partial charge in [0.2, 0.25) is 5.91 Å². The minimum atomic E-state index is -2.80. The Kier molecular flexibility index (Phi) is 45.3. The highest BCUT2D eigenvalue weighted by molar-refractivity contribution is 5.86. The predicted octanol–water partition coefficient (Wildman–Crippen LogP) is 14.7. The van der Waals surface area contributed by atoms with E-state index in [1.165, 1.54) is 117 Å². The fraction of sp³-hybridized carbons (Fsp3) is 0.677. The van der Waals surface area contributed by atoms with Crippen LogP contribution in [-0.2, 0) is 139 Å². The number of nitrogens with one attached hydrogen (secondary N) is 2. The number of fused-ring (bicyclic) bond motifs is 3. The van der Waals surface area contributed by atoms with Crippen LogP contribution in [-0.4, -0.2) is 215 Å². The number of ether oxygens (including phenoxy) is 19. The van der Waals surface area contributed by atoms with Gasteiger partial charge in [-0.25, -0.2) is 0 Å². The summed E-state index contributed by atoms with van der Waals surface area (Å²) in [6.45, 7) is 12.5. The zero-order valence-electron chi connectivity index (χ0n) is 77.6. The lowest BCUT2D eigenvalue weighted by Crippen LogP contribution is -2.78. The van der Waals surface area contributed by atoms with E-state index in [9.17, 15) is 38.7 Å². The molecule has 4 aromatic carbocycles. The fourth-order valence-corrected chi connectivity index (χ4v) is 17.6. The number of hydrogen-bond acceptors (Lipinski definition) is 28. The number of esters is 6. The topological polar surface area (TPSA) is 356 Å². The number of morpholine rings is 1. The van der Waals surface area contributed by atoms with E-state index in [-0.39, 0.29) is 32.3 Å². The maximum atomic E-state index is 15.2. The van der Waals surface area contributed by atoms with Crippen LogP contribution >= 0.6 is 0 Å². The molecule has 0 aromatic heterocycles. The Morgan fingerprint density at radius 1 is 0.465 bits per heavy atom. The molecule has 0 radical (unpaired) electrons. The van der Waals surface area contributed by atoms with Crippen molar-refractivity contribution < 1.29 is 133 Å². The molecule has 6 saturated heterocycles. The molecule has 6 heterocycles. The molecule has 718 valence electrons. The molecule has 6 aliphatic heterocycles. The summed E-state index contributed by atoms with van der Waals surface area (Å²) in [5, 5.41) is 18.2. The lowest BCUT2D eigenvalue weighted by atomic mass is 9.83. The van der Waals surface area contributed by atoms with Gasteiger partial charge in [-0.05, 0) is 66.6 Å². The summed E-state index contributed by atoms with van der Waals surface area (Å²) in [5.74, 6) is -9.14. The number of piperidine rings is 1. The Morgan fingerprint density at radius 2 is 0.922 bits per heavy atom. The number of aliphatic hydroxyl groups is 1. The van der Waals surface area contributed by atoms with Crippen molar-refractivity contribution >= 4 is 47.6 Å². The van der Waals surface area contributed by atoms with Crippen LogP contribution in [0.25, 0.3) is 0 Å². The van der Waals surface area contributed by atoms with Crippen molar-refractivity contribution in [3.05, 3.63) is 132 Å². The third-order valence-electron chi connectivity index (χ3n) is 24.0. The van der Waals surface area contributed by atoms with E-state index in [0.717, 1.165) is 122 Å². The van der Waals surface area contributed by atoms with E-state index in [1.807, 2.05) is 97.9 Å². The maximum absolute atomic E-state index is 15.2. The Labute approximate surface area is 761 Å². The largest absolute Gasteiger partial charge is 0.497 e. The molecular weight excluding hydrogens is 1670 g/mol. The second-order valence-electron chi connectivity index (χ2n) is 34.7. The van der Waals surface area contributed by atoms with Crippen molar-refractivity contribution in [2.75, 3.05) is 33.5 Å². The smallest absolute Gasteiger partial charge is 0.303 e. The van der Waals surface area contributed by atoms with Crippen LogP contribution < -0.4 is 20.1 Å². The lowest BCUT2D eigenvalue weighted by molar-refractivity contribution is -0.395. The Balaban J connectivity index is 1.19. The van der Waals surface area contributed by atoms with Crippen molar-refractivity contribution in [3.8, 4) is 11.5 Å². The summed E-state index contributed by atoms with van der Waals surface area (Å²) >= 11 is 0. The van der Waals surface area contributed by atoms with Gasteiger partial charge in [-0.15, -0.1) is 0 Å². The van der Waals surface area contributed by atoms with Crippen LogP contribution in [0.15, 0.2) is 115 Å². The van der Waals surface area contributed by atoms with Crippen molar-refractivity contribution in [3.63, 3.8) is 0 Å². The third-order valence-corrected chi connectivity index (χ3v) is 24.0. The SMILES string of the molecule is CCCCCCCCCCCCCCC(CCCCCCCCCCCCCC)CO[C@@H]1O[C@H](COc2ccc(OC)cc2)[C@H](O[C@@H]2O[C@H](COC(C)=O)[C@H](OC(C)=O)[C@H](O[C@]34C[C@H](O)[C@@H](NC3=O)[C@H]([C@@H](OC(C)=O)[C@H](COC(C)=O)OC(C)=O)O4)[C@H]2OC(C)=O)[C@H](O[C@@H]2O[C@@H](C)[C@@H](OCc3ccccc3)[C@@H](OCc3ccccc3)[C@@H]2OCc2ccccc2)[C@H]1NC(C)=O. The Morgan fingerprint density at radius 3 is 1.41 bits per heavy atom. The van der Waals surface area contributed by atoms with Crippen LogP contribution in [0.4, 0.5) is 0 Å². The Bertz CT molecular complexity index is 3920. The summed E-state index contributed by atoms with van der Waals surface area (Å²) in [6.07, 6.45) is 1.12. The Hall–Kier alpha value is -8.24. The monoisotopic (exact) mass is 1810 g/mol. The maximum Gasteiger partial charge on any atom is 0.303 e. The summed E-state index contributed by atoms with van der Waals surface area (Å²) in [4.78, 5) is 110. The quantitative estimate of drug-likeness (QED) is 0.0210. The number of benzene rings is 4. The number of unbranched alkanes of at least 4 members (excludes halogenated alkanes) is 22. The fourth-order valence-electron chi connectivity index (χ4n) is 17.6. The lowest BCUT2D eigenvalue weighted by Gasteiger charge is -2.55. The third kappa shape index (κ3) is 34.4. The average molecular weight is 1810 g/mol. The van der Waals surface area contributed by atoms with Gasteiger partial charge in [-0.3, -0.25) is 38.4 Å². The molecule has 2 bridgehead atoms. The highest BCUT2D eigenvalue weighted by atomic mass is 16.8. The summed E-state index contributed by atoms with van der Waals surface area (Å²) < 4.78 is 126. The highest BCUT2D eigenvalue weighted by Crippen LogP contribution is 2.45. The molecule has 4 aromatic rings. The highest BCUT2D eigenvalue weighted by Gasteiger charge is 2.66. The van der Waals surface area contributed by atoms with Gasteiger partial charge >= 0.3 is 35.8 Å². The molecular formula is C99H144N2O28. The van der Waals surface area contributed by atoms with Crippen molar-refractivity contribution in [2.45, 2.75) is 391 Å². The first-order valence-electron chi connectivity index (χ1n) is 47.1. The number of hydrogen-bond donors (Lipinski definition) is 3. The van der Waals surface area contributed by atoms with Crippen LogP contribution in [0.3, 0.4) is 0 Å². The molecule has 30 nitrogen and oxygen atoms in total. The molecule has 10 rings (SSSR count). The molecule has 21 atom stereocenters. The minimum Gasteiger partial charge on any atom is -0.497 e. The molecule has 30 heteroatoms. The number of rotatable bonds is 59. The molecule has 0 aliphatic carbocycles. The normalized spacial score (nSPS) is 26.5. The molecule has 0 unspecified atom stereocenters. The van der Waals surface area contributed by atoms with Gasteiger partial charge in [0.25, 0.3) is 11.7 Å². The first kappa shape index (κ1) is 104. The van der Waals surface area contributed by atoms with Gasteiger partial charge in [0, 0.05) is 54.9 Å². The van der Waals surface area contributed by atoms with Crippen molar-refractivity contribution in [2.24, 2.45) is 5.92 Å². The first-order valence-corrected chi connectivity index (χ1v) is 47.1. The summed E-state index contributed by atoms with van der Waals surface area (Å²) in [6, 6.07) is 32.6. The molecule has 0 spiro atoms. The van der Waals surface area contributed by atoms with E-state index in [4.69, 9.17) is 90.0 Å². The van der Waals surface area contributed by atoms with Crippen LogP contribution in [0.2, 0.25) is 0 Å². The molecule has 6 aliphatic rings. The molecule has 3 N–H and O–H groups in total. The number of amides is 2. The van der Waals surface area contributed by atoms with Gasteiger partial charge in [0.1, 0.15) is 92.3 Å². The molecule has 129 heavy (non-hydrogen) atoms. The molecule has 0 saturated carbocycles. The van der Waals surface area contributed by atoms with Gasteiger partial charge in [-0.2, -0.15) is 0 Å². The number of carbonyl (C=O) groups excluding carboxylic acids is 8. The predicted molar refractivity (Wildman–Crippen MR) is 474 cm³/mol. The van der Waals surface area contributed by atoms with E-state index >= 15 is 4.79 Å². The van der Waals surface area contributed by atoms with Crippen LogP contribution in [0.1, 0.15) is 259 Å². The second kappa shape index (κ2) is 55.9. The van der Waals surface area contributed by atoms with Gasteiger partial charge < -0.3 is 106 Å². The number of carbonyl (C=O) groups is 8. The van der Waals surface area contributed by atoms with Gasteiger partial charge in [0.15, 0.2) is 43.3 Å². The van der Waals surface area contributed by atoms with Gasteiger partial charge in [-0.1, -0.05) is 259 Å². The number of methoxy groups -OCH3 is 1. The van der Waals surface area contributed by atoms with Crippen LogP contribution in [0.5, 0.6) is 11.5 Å². The molecule has 6 fully saturated rings. The zero-order chi connectivity index (χ0) is 92.5. The second-order valence-corrected chi connectivity index (χ2v) is 34.7. The van der Waals surface area contributed by atoms with E-state index < -0.39 is 202 Å². The van der Waals surface area contributed by atoms with E-state index in [2.05, 4.69) is 24.5 Å². The van der Waals surface area contributed by atoms with E-state index in [0.29, 0.717) is 11.5 Å². The van der Waals surface area contributed by atoms with Crippen LogP contribution in [0, 0.1) is 5.92 Å². The summed E-state index contributed by atoms with van der Waals surface area (Å²) in [5.41, 5.74) is 2.46. The standard InChI is InChI=1S/C99H144N2O28/c1-12-14-16-18-20-22-24-26-28-30-32-37-45-76(46-38-33-31-29-27-25-23-21-19-17-15-13-2)61-118-95-84(100-66(4)102)89(127-96-93(117-60-75-51-43-36-44-52-75)91(116-59-74-49-41-35-42-50-74)85(65(3)119-96)115-58-73-47-39-34-40-48-73)86(82(124-95)64-114-78-55-53-77(111-11)54-56-78)126-97-94(123-72(10)108)92(88(122-71(9)107)81(125-97)63-113-68(6)104)129-99-57-79(109)83(101-98(99)110)90(128-99)87(121-70(8)106)80(120-69(7)105)62-112-67(5)103/h34-36,39-44,47-56,65,76,79-97,109H,12-33,37-38,45-46,57-64H2,1-11H3,(H,100,102)(H,101,110)/t65-,79-,80-,81+,82+,83+,84+,85+,86-,87-,88-,89+,90+,91+,92-,93-,94+,95+,96-,97-,99+/m0/s1. The van der Waals surface area contributed by atoms with Crippen molar-refractivity contribution in [1.29, 1.82) is 0 Å². The van der Waals surface area contributed by atoms with Gasteiger partial charge in [0.05, 0.1) is 51.8 Å². The number of aliphatic hydroxyl groups excluding tert-OH is 1. The van der Waals surface area contributed by atoms with Crippen molar-refractivity contribution in [1.82, 2.24) is 10.6 Å². The summed E-state index contributed by atoms with van der Waals surface area (Å²) in [7, 11) is 1.53. The minimum absolute atomic E-state index is 0.00918. The first-order chi connectivity index (χ1) is 62.3. The average Bonchev–Trinajstić information content (AvgIpc) is 0.722. The zero-order valence-corrected chi connectivity index (χ0v) is 77.6.